The summed E-state index contributed by atoms with van der Waals surface area (Å²) in [7, 11) is 0. The van der Waals surface area contributed by atoms with Crippen LogP contribution >= 0.6 is 0 Å². The van der Waals surface area contributed by atoms with Gasteiger partial charge in [-0.05, 0) is 31.1 Å². The van der Waals surface area contributed by atoms with Crippen molar-refractivity contribution in [3.8, 4) is 0 Å². The maximum absolute atomic E-state index is 12.2. The molecule has 1 aliphatic heterocycles. The third-order valence-corrected chi connectivity index (χ3v) is 4.25. The SMILES string of the molecule is CCC(CC)C(=O)N1CCC(CC)C(C)C1. The predicted octanol–water partition coefficient (Wildman–Crippen LogP) is 3.32. The predicted molar refractivity (Wildman–Crippen MR) is 68.2 cm³/mol. The van der Waals surface area contributed by atoms with Crippen LogP contribution in [0.15, 0.2) is 0 Å². The first kappa shape index (κ1) is 13.5. The summed E-state index contributed by atoms with van der Waals surface area (Å²) in [6.07, 6.45) is 4.42. The minimum atomic E-state index is 0.255. The fourth-order valence-corrected chi connectivity index (χ4v) is 2.90. The Bertz CT molecular complexity index is 223. The van der Waals surface area contributed by atoms with E-state index in [-0.39, 0.29) is 5.92 Å². The van der Waals surface area contributed by atoms with Crippen molar-refractivity contribution in [2.75, 3.05) is 13.1 Å². The largest absolute Gasteiger partial charge is 0.342 e. The maximum atomic E-state index is 12.2. The molecule has 1 rings (SSSR count). The highest BCUT2D eigenvalue weighted by Gasteiger charge is 2.29. The average molecular weight is 225 g/mol. The normalized spacial score (nSPS) is 26.2. The Morgan fingerprint density at radius 1 is 1.31 bits per heavy atom. The van der Waals surface area contributed by atoms with Crippen LogP contribution in [0.3, 0.4) is 0 Å². The zero-order chi connectivity index (χ0) is 12.1. The summed E-state index contributed by atoms with van der Waals surface area (Å²) in [5, 5.41) is 0. The fraction of sp³-hybridized carbons (Fsp3) is 0.929. The summed E-state index contributed by atoms with van der Waals surface area (Å²) in [4.78, 5) is 14.3. The molecular weight excluding hydrogens is 198 g/mol. The van der Waals surface area contributed by atoms with E-state index >= 15 is 0 Å². The Morgan fingerprint density at radius 2 is 1.94 bits per heavy atom. The monoisotopic (exact) mass is 225 g/mol. The van der Waals surface area contributed by atoms with Crippen molar-refractivity contribution >= 4 is 5.91 Å². The molecule has 0 aromatic heterocycles. The summed E-state index contributed by atoms with van der Waals surface area (Å²) >= 11 is 0. The topological polar surface area (TPSA) is 20.3 Å². The van der Waals surface area contributed by atoms with Gasteiger partial charge in [-0.15, -0.1) is 0 Å². The van der Waals surface area contributed by atoms with E-state index in [0.717, 1.165) is 31.8 Å². The first-order chi connectivity index (χ1) is 7.63. The highest BCUT2D eigenvalue weighted by molar-refractivity contribution is 5.78. The Kier molecular flexibility index (Phi) is 5.30. The summed E-state index contributed by atoms with van der Waals surface area (Å²) < 4.78 is 0. The molecule has 0 radical (unpaired) electrons. The maximum Gasteiger partial charge on any atom is 0.225 e. The Balaban J connectivity index is 2.53. The van der Waals surface area contributed by atoms with Crippen LogP contribution in [-0.4, -0.2) is 23.9 Å². The van der Waals surface area contributed by atoms with Crippen LogP contribution in [0.25, 0.3) is 0 Å². The molecule has 2 heteroatoms. The van der Waals surface area contributed by atoms with E-state index < -0.39 is 0 Å². The van der Waals surface area contributed by atoms with E-state index in [1.165, 1.54) is 12.8 Å². The van der Waals surface area contributed by atoms with Gasteiger partial charge in [0.05, 0.1) is 0 Å². The van der Waals surface area contributed by atoms with Crippen molar-refractivity contribution in [2.45, 2.75) is 53.4 Å². The van der Waals surface area contributed by atoms with Gasteiger partial charge in [0.25, 0.3) is 0 Å². The van der Waals surface area contributed by atoms with Crippen LogP contribution in [-0.2, 0) is 4.79 Å². The lowest BCUT2D eigenvalue weighted by molar-refractivity contribution is -0.138. The molecular formula is C14H27NO. The molecule has 0 spiro atoms. The highest BCUT2D eigenvalue weighted by Crippen LogP contribution is 2.27. The molecule has 1 saturated heterocycles. The van der Waals surface area contributed by atoms with Gasteiger partial charge in [-0.25, -0.2) is 0 Å². The Morgan fingerprint density at radius 3 is 2.38 bits per heavy atom. The quantitative estimate of drug-likeness (QED) is 0.718. The summed E-state index contributed by atoms with van der Waals surface area (Å²) in [5.74, 6) is 2.15. The van der Waals surface area contributed by atoms with Gasteiger partial charge in [-0.3, -0.25) is 4.79 Å². The third kappa shape index (κ3) is 2.99. The van der Waals surface area contributed by atoms with Crippen LogP contribution in [0.1, 0.15) is 53.4 Å². The van der Waals surface area contributed by atoms with E-state index in [9.17, 15) is 4.79 Å². The standard InChI is InChI=1S/C14H27NO/c1-5-12(6-2)14(16)15-9-8-13(7-3)11(4)10-15/h11-13H,5-10H2,1-4H3. The Hall–Kier alpha value is -0.530. The molecule has 1 fully saturated rings. The lowest BCUT2D eigenvalue weighted by atomic mass is 9.84. The van der Waals surface area contributed by atoms with Gasteiger partial charge in [0.15, 0.2) is 0 Å². The van der Waals surface area contributed by atoms with E-state index in [0.29, 0.717) is 11.8 Å². The van der Waals surface area contributed by atoms with Crippen LogP contribution in [0, 0.1) is 17.8 Å². The zero-order valence-corrected chi connectivity index (χ0v) is 11.3. The van der Waals surface area contributed by atoms with Gasteiger partial charge < -0.3 is 4.90 Å². The first-order valence-electron chi connectivity index (χ1n) is 6.92. The lowest BCUT2D eigenvalue weighted by Crippen LogP contribution is -2.45. The minimum Gasteiger partial charge on any atom is -0.342 e. The summed E-state index contributed by atoms with van der Waals surface area (Å²) in [6, 6.07) is 0. The molecule has 1 aliphatic rings. The van der Waals surface area contributed by atoms with Gasteiger partial charge in [-0.2, -0.15) is 0 Å². The number of likely N-dealkylation sites (tertiary alicyclic amines) is 1. The van der Waals surface area contributed by atoms with Gasteiger partial charge >= 0.3 is 0 Å². The molecule has 2 nitrogen and oxygen atoms in total. The molecule has 2 unspecified atom stereocenters. The van der Waals surface area contributed by atoms with Crippen LogP contribution in [0.4, 0.5) is 0 Å². The van der Waals surface area contributed by atoms with E-state index in [1.807, 2.05) is 0 Å². The van der Waals surface area contributed by atoms with E-state index in [4.69, 9.17) is 0 Å². The second-order valence-electron chi connectivity index (χ2n) is 5.23. The van der Waals surface area contributed by atoms with Crippen molar-refractivity contribution in [1.29, 1.82) is 0 Å². The number of rotatable bonds is 4. The molecule has 1 heterocycles. The fourth-order valence-electron chi connectivity index (χ4n) is 2.90. The number of hydrogen-bond donors (Lipinski definition) is 0. The smallest absolute Gasteiger partial charge is 0.225 e. The minimum absolute atomic E-state index is 0.255. The number of hydrogen-bond acceptors (Lipinski definition) is 1. The van der Waals surface area contributed by atoms with Crippen molar-refractivity contribution in [3.63, 3.8) is 0 Å². The molecule has 2 atom stereocenters. The Labute approximate surface area is 100 Å². The van der Waals surface area contributed by atoms with E-state index in [1.54, 1.807) is 0 Å². The number of nitrogens with zero attached hydrogens (tertiary/aromatic N) is 1. The van der Waals surface area contributed by atoms with Crippen molar-refractivity contribution in [3.05, 3.63) is 0 Å². The molecule has 0 bridgehead atoms. The van der Waals surface area contributed by atoms with Gasteiger partial charge in [-0.1, -0.05) is 34.1 Å². The molecule has 0 aliphatic carbocycles. The lowest BCUT2D eigenvalue weighted by Gasteiger charge is -2.38. The average Bonchev–Trinajstić information content (AvgIpc) is 2.30. The number of carbonyl (C=O) groups excluding carboxylic acids is 1. The molecule has 16 heavy (non-hydrogen) atoms. The number of piperidine rings is 1. The van der Waals surface area contributed by atoms with Gasteiger partial charge in [0.1, 0.15) is 0 Å². The first-order valence-corrected chi connectivity index (χ1v) is 6.92. The summed E-state index contributed by atoms with van der Waals surface area (Å²) in [5.41, 5.74) is 0. The van der Waals surface area contributed by atoms with Crippen LogP contribution < -0.4 is 0 Å². The van der Waals surface area contributed by atoms with E-state index in [2.05, 4.69) is 32.6 Å². The van der Waals surface area contributed by atoms with Gasteiger partial charge in [0, 0.05) is 19.0 Å². The number of carbonyl (C=O) groups is 1. The molecule has 0 N–H and O–H groups in total. The van der Waals surface area contributed by atoms with Crippen molar-refractivity contribution < 1.29 is 4.79 Å². The molecule has 94 valence electrons. The molecule has 0 saturated carbocycles. The molecule has 0 aromatic carbocycles. The van der Waals surface area contributed by atoms with Crippen molar-refractivity contribution in [2.24, 2.45) is 17.8 Å². The van der Waals surface area contributed by atoms with Crippen LogP contribution in [0.5, 0.6) is 0 Å². The second kappa shape index (κ2) is 6.27. The van der Waals surface area contributed by atoms with Crippen molar-refractivity contribution in [1.82, 2.24) is 4.90 Å². The molecule has 0 aromatic rings. The highest BCUT2D eigenvalue weighted by atomic mass is 16.2. The summed E-state index contributed by atoms with van der Waals surface area (Å²) in [6.45, 7) is 10.8. The van der Waals surface area contributed by atoms with Gasteiger partial charge in [0.2, 0.25) is 5.91 Å². The zero-order valence-electron chi connectivity index (χ0n) is 11.3. The molecule has 1 amide bonds. The second-order valence-corrected chi connectivity index (χ2v) is 5.23. The third-order valence-electron chi connectivity index (χ3n) is 4.25. The van der Waals surface area contributed by atoms with Crippen LogP contribution in [0.2, 0.25) is 0 Å². The number of amides is 1.